The molecule has 2 N–H and O–H groups in total. The average molecular weight is 249 g/mol. The maximum Gasteiger partial charge on any atom is 0.238 e. The molecule has 0 atom stereocenters. The van der Waals surface area contributed by atoms with Crippen LogP contribution in [0.3, 0.4) is 0 Å². The molecule has 0 aliphatic carbocycles. The molecule has 2 rings (SSSR count). The predicted molar refractivity (Wildman–Crippen MR) is 68.4 cm³/mol. The zero-order valence-corrected chi connectivity index (χ0v) is 10.2. The summed E-state index contributed by atoms with van der Waals surface area (Å²) in [6, 6.07) is 9.47. The van der Waals surface area contributed by atoms with Crippen molar-refractivity contribution in [1.29, 1.82) is 0 Å². The lowest BCUT2D eigenvalue weighted by atomic mass is 10.2. The number of halogens is 1. The molecule has 0 radical (unpaired) electrons. The minimum Gasteiger partial charge on any atom is -0.438 e. The number of benzene rings is 1. The van der Waals surface area contributed by atoms with Crippen molar-refractivity contribution in [3.8, 4) is 11.6 Å². The van der Waals surface area contributed by atoms with Gasteiger partial charge in [-0.3, -0.25) is 0 Å². The number of nitrogens with two attached hydrogens (primary N) is 1. The van der Waals surface area contributed by atoms with Gasteiger partial charge >= 0.3 is 0 Å². The van der Waals surface area contributed by atoms with E-state index in [2.05, 4.69) is 4.98 Å². The van der Waals surface area contributed by atoms with E-state index in [4.69, 9.17) is 22.1 Å². The van der Waals surface area contributed by atoms with Crippen LogP contribution in [-0.2, 0) is 6.54 Å². The highest BCUT2D eigenvalue weighted by Crippen LogP contribution is 2.27. The molecule has 2 aromatic rings. The van der Waals surface area contributed by atoms with E-state index in [1.54, 1.807) is 12.3 Å². The highest BCUT2D eigenvalue weighted by atomic mass is 35.5. The number of ether oxygens (including phenoxy) is 1. The van der Waals surface area contributed by atoms with Crippen LogP contribution in [0.1, 0.15) is 11.1 Å². The van der Waals surface area contributed by atoms with Crippen molar-refractivity contribution >= 4 is 11.6 Å². The lowest BCUT2D eigenvalue weighted by Gasteiger charge is -2.07. The first-order valence-electron chi connectivity index (χ1n) is 5.28. The third-order valence-electron chi connectivity index (χ3n) is 2.30. The first kappa shape index (κ1) is 11.9. The first-order chi connectivity index (χ1) is 8.19. The van der Waals surface area contributed by atoms with Crippen LogP contribution in [0.25, 0.3) is 0 Å². The van der Waals surface area contributed by atoms with Gasteiger partial charge in [-0.1, -0.05) is 23.7 Å². The van der Waals surface area contributed by atoms with Gasteiger partial charge in [0, 0.05) is 12.7 Å². The van der Waals surface area contributed by atoms with Crippen molar-refractivity contribution in [3.63, 3.8) is 0 Å². The van der Waals surface area contributed by atoms with Crippen LogP contribution < -0.4 is 10.5 Å². The maximum atomic E-state index is 6.05. The van der Waals surface area contributed by atoms with E-state index in [0.717, 1.165) is 16.9 Å². The molecule has 0 aliphatic rings. The third-order valence-corrected chi connectivity index (χ3v) is 2.57. The maximum absolute atomic E-state index is 6.05. The minimum absolute atomic E-state index is 0.398. The Balaban J connectivity index is 2.24. The van der Waals surface area contributed by atoms with Crippen LogP contribution in [-0.4, -0.2) is 4.98 Å². The molecule has 0 spiro atoms. The summed E-state index contributed by atoms with van der Waals surface area (Å²) in [5, 5.41) is 0.467. The second kappa shape index (κ2) is 5.17. The van der Waals surface area contributed by atoms with Crippen molar-refractivity contribution in [2.75, 3.05) is 0 Å². The van der Waals surface area contributed by atoms with Gasteiger partial charge in [0.1, 0.15) is 10.8 Å². The fraction of sp³-hybridized carbons (Fsp3) is 0.154. The number of hydrogen-bond acceptors (Lipinski definition) is 3. The molecule has 0 bridgehead atoms. The molecular formula is C13H13ClN2O. The van der Waals surface area contributed by atoms with E-state index >= 15 is 0 Å². The minimum atomic E-state index is 0.398. The smallest absolute Gasteiger partial charge is 0.238 e. The number of nitrogens with zero attached hydrogens (tertiary/aromatic N) is 1. The Morgan fingerprint density at radius 2 is 2.18 bits per heavy atom. The van der Waals surface area contributed by atoms with Crippen molar-refractivity contribution in [1.82, 2.24) is 4.98 Å². The van der Waals surface area contributed by atoms with Crippen LogP contribution in [0.5, 0.6) is 11.6 Å². The van der Waals surface area contributed by atoms with Crippen molar-refractivity contribution in [2.45, 2.75) is 13.5 Å². The zero-order chi connectivity index (χ0) is 12.3. The SMILES string of the molecule is Cc1cccc(Oc2ncc(CN)cc2Cl)c1. The number of aryl methyl sites for hydroxylation is 1. The lowest BCUT2D eigenvalue weighted by Crippen LogP contribution is -1.98. The molecule has 0 fully saturated rings. The van der Waals surface area contributed by atoms with Gasteiger partial charge in [0.15, 0.2) is 0 Å². The van der Waals surface area contributed by atoms with Crippen LogP contribution in [0, 0.1) is 6.92 Å². The van der Waals surface area contributed by atoms with Gasteiger partial charge in [-0.2, -0.15) is 0 Å². The Hall–Kier alpha value is -1.58. The van der Waals surface area contributed by atoms with Crippen LogP contribution in [0.15, 0.2) is 36.5 Å². The Labute approximate surface area is 105 Å². The molecule has 4 heteroatoms. The second-order valence-corrected chi connectivity index (χ2v) is 4.16. The molecule has 3 nitrogen and oxygen atoms in total. The standard InChI is InChI=1S/C13H13ClN2O/c1-9-3-2-4-11(5-9)17-13-12(14)6-10(7-15)8-16-13/h2-6,8H,7,15H2,1H3. The monoisotopic (exact) mass is 248 g/mol. The lowest BCUT2D eigenvalue weighted by molar-refractivity contribution is 0.462. The van der Waals surface area contributed by atoms with E-state index in [9.17, 15) is 0 Å². The van der Waals surface area contributed by atoms with E-state index < -0.39 is 0 Å². The summed E-state index contributed by atoms with van der Waals surface area (Å²) in [6.45, 7) is 2.41. The predicted octanol–water partition coefficient (Wildman–Crippen LogP) is 3.29. The molecule has 0 aliphatic heterocycles. The molecule has 17 heavy (non-hydrogen) atoms. The largest absolute Gasteiger partial charge is 0.438 e. The molecule has 1 aromatic heterocycles. The Morgan fingerprint density at radius 3 is 2.82 bits per heavy atom. The Morgan fingerprint density at radius 1 is 1.35 bits per heavy atom. The number of pyridine rings is 1. The fourth-order valence-electron chi connectivity index (χ4n) is 1.44. The molecule has 0 saturated carbocycles. The molecular weight excluding hydrogens is 236 g/mol. The topological polar surface area (TPSA) is 48.1 Å². The van der Waals surface area contributed by atoms with Crippen molar-refractivity contribution in [3.05, 3.63) is 52.7 Å². The van der Waals surface area contributed by atoms with Gasteiger partial charge in [-0.05, 0) is 36.2 Å². The van der Waals surface area contributed by atoms with Gasteiger partial charge in [-0.15, -0.1) is 0 Å². The highest BCUT2D eigenvalue weighted by Gasteiger charge is 2.05. The van der Waals surface area contributed by atoms with Crippen LogP contribution in [0.4, 0.5) is 0 Å². The number of hydrogen-bond donors (Lipinski definition) is 1. The third kappa shape index (κ3) is 2.96. The molecule has 0 unspecified atom stereocenters. The molecule has 0 saturated heterocycles. The Bertz CT molecular complexity index is 529. The summed E-state index contributed by atoms with van der Waals surface area (Å²) in [6.07, 6.45) is 1.66. The fourth-order valence-corrected chi connectivity index (χ4v) is 1.67. The van der Waals surface area contributed by atoms with E-state index in [1.807, 2.05) is 31.2 Å². The van der Waals surface area contributed by atoms with Gasteiger partial charge in [0.2, 0.25) is 5.88 Å². The highest BCUT2D eigenvalue weighted by molar-refractivity contribution is 6.31. The Kier molecular flexibility index (Phi) is 3.61. The summed E-state index contributed by atoms with van der Waals surface area (Å²) in [5.41, 5.74) is 7.51. The number of rotatable bonds is 3. The summed E-state index contributed by atoms with van der Waals surface area (Å²) in [5.74, 6) is 1.12. The van der Waals surface area contributed by atoms with Gasteiger partial charge in [0.25, 0.3) is 0 Å². The van der Waals surface area contributed by atoms with Crippen molar-refractivity contribution in [2.24, 2.45) is 5.73 Å². The van der Waals surface area contributed by atoms with Crippen molar-refractivity contribution < 1.29 is 4.74 Å². The summed E-state index contributed by atoms with van der Waals surface area (Å²) >= 11 is 6.05. The van der Waals surface area contributed by atoms with Crippen LogP contribution in [0.2, 0.25) is 5.02 Å². The quantitative estimate of drug-likeness (QED) is 0.907. The molecule has 1 heterocycles. The summed E-state index contributed by atoms with van der Waals surface area (Å²) in [7, 11) is 0. The first-order valence-corrected chi connectivity index (χ1v) is 5.66. The van der Waals surface area contributed by atoms with Gasteiger partial charge in [0.05, 0.1) is 0 Å². The zero-order valence-electron chi connectivity index (χ0n) is 9.48. The van der Waals surface area contributed by atoms with E-state index in [0.29, 0.717) is 17.4 Å². The summed E-state index contributed by atoms with van der Waals surface area (Å²) in [4.78, 5) is 4.14. The van der Waals surface area contributed by atoms with Gasteiger partial charge in [-0.25, -0.2) is 4.98 Å². The summed E-state index contributed by atoms with van der Waals surface area (Å²) < 4.78 is 5.61. The molecule has 88 valence electrons. The van der Waals surface area contributed by atoms with Gasteiger partial charge < -0.3 is 10.5 Å². The average Bonchev–Trinajstić information content (AvgIpc) is 2.32. The molecule has 0 amide bonds. The van der Waals surface area contributed by atoms with Crippen LogP contribution >= 0.6 is 11.6 Å². The van der Waals surface area contributed by atoms with E-state index in [1.165, 1.54) is 0 Å². The normalized spacial score (nSPS) is 10.3. The second-order valence-electron chi connectivity index (χ2n) is 3.75. The molecule has 1 aromatic carbocycles. The number of aromatic nitrogens is 1. The van der Waals surface area contributed by atoms with E-state index in [-0.39, 0.29) is 0 Å².